The molecule has 0 atom stereocenters. The van der Waals surface area contributed by atoms with E-state index in [0.29, 0.717) is 15.9 Å². The molecule has 1 amide bonds. The molecule has 2 aromatic carbocycles. The highest BCUT2D eigenvalue weighted by molar-refractivity contribution is 9.08. The molecule has 0 heterocycles. The molecule has 2 nitrogen and oxygen atoms in total. The van der Waals surface area contributed by atoms with Gasteiger partial charge in [-0.2, -0.15) is 0 Å². The smallest absolute Gasteiger partial charge is 0.257 e. The van der Waals surface area contributed by atoms with Crippen LogP contribution < -0.4 is 5.32 Å². The molecule has 2 rings (SSSR count). The summed E-state index contributed by atoms with van der Waals surface area (Å²) in [7, 11) is 0. The molecule has 18 heavy (non-hydrogen) atoms. The van der Waals surface area contributed by atoms with Gasteiger partial charge in [-0.05, 0) is 23.8 Å². The average molecular weight is 325 g/mol. The fourth-order valence-corrected chi connectivity index (χ4v) is 2.30. The lowest BCUT2D eigenvalue weighted by Gasteiger charge is -2.09. The minimum absolute atomic E-state index is 0.200. The molecule has 1 N–H and O–H groups in total. The molecule has 0 aromatic heterocycles. The quantitative estimate of drug-likeness (QED) is 0.828. The number of nitrogens with one attached hydrogen (secondary N) is 1. The summed E-state index contributed by atoms with van der Waals surface area (Å²) in [5.41, 5.74) is 2.29. The minimum atomic E-state index is -0.200. The van der Waals surface area contributed by atoms with Crippen molar-refractivity contribution in [1.29, 1.82) is 0 Å². The number of para-hydroxylation sites is 1. The van der Waals surface area contributed by atoms with Crippen molar-refractivity contribution >= 4 is 39.1 Å². The Morgan fingerprint density at radius 1 is 1.11 bits per heavy atom. The zero-order valence-electron chi connectivity index (χ0n) is 9.49. The van der Waals surface area contributed by atoms with Crippen LogP contribution in [0.15, 0.2) is 48.5 Å². The molecule has 0 unspecified atom stereocenters. The lowest BCUT2D eigenvalue weighted by atomic mass is 10.1. The maximum Gasteiger partial charge on any atom is 0.257 e. The van der Waals surface area contributed by atoms with Gasteiger partial charge in [0.05, 0.1) is 10.6 Å². The number of hydrogen-bond acceptors (Lipinski definition) is 1. The first-order chi connectivity index (χ1) is 8.72. The maximum absolute atomic E-state index is 12.1. The van der Waals surface area contributed by atoms with Crippen LogP contribution in [0.4, 0.5) is 5.69 Å². The first kappa shape index (κ1) is 13.1. The van der Waals surface area contributed by atoms with Crippen LogP contribution in [0.1, 0.15) is 15.9 Å². The lowest BCUT2D eigenvalue weighted by molar-refractivity contribution is 0.102. The van der Waals surface area contributed by atoms with Crippen LogP contribution in [0.5, 0.6) is 0 Å². The predicted molar refractivity (Wildman–Crippen MR) is 78.5 cm³/mol. The summed E-state index contributed by atoms with van der Waals surface area (Å²) in [6.45, 7) is 0. The van der Waals surface area contributed by atoms with Gasteiger partial charge in [-0.3, -0.25) is 4.79 Å². The SMILES string of the molecule is O=C(Nc1ccccc1CBr)c1ccccc1Cl. The Balaban J connectivity index is 2.24. The highest BCUT2D eigenvalue weighted by Gasteiger charge is 2.11. The van der Waals surface area contributed by atoms with Gasteiger partial charge in [0.25, 0.3) is 5.91 Å². The maximum atomic E-state index is 12.1. The Morgan fingerprint density at radius 2 is 1.78 bits per heavy atom. The third-order valence-electron chi connectivity index (χ3n) is 2.53. The van der Waals surface area contributed by atoms with Crippen molar-refractivity contribution in [3.8, 4) is 0 Å². The molecule has 0 bridgehead atoms. The molecule has 4 heteroatoms. The molecular formula is C14H11BrClNO. The Labute approximate surface area is 119 Å². The predicted octanol–water partition coefficient (Wildman–Crippen LogP) is 4.49. The Hall–Kier alpha value is -1.32. The molecule has 0 saturated carbocycles. The fraction of sp³-hybridized carbons (Fsp3) is 0.0714. The summed E-state index contributed by atoms with van der Waals surface area (Å²) in [5.74, 6) is -0.200. The zero-order valence-corrected chi connectivity index (χ0v) is 11.8. The van der Waals surface area contributed by atoms with Gasteiger partial charge in [0.1, 0.15) is 0 Å². The molecule has 2 aromatic rings. The van der Waals surface area contributed by atoms with Crippen LogP contribution >= 0.6 is 27.5 Å². The Kier molecular flexibility index (Phi) is 4.39. The number of anilines is 1. The number of carbonyl (C=O) groups is 1. The van der Waals surface area contributed by atoms with E-state index in [9.17, 15) is 4.79 Å². The molecule has 0 saturated heterocycles. The highest BCUT2D eigenvalue weighted by Crippen LogP contribution is 2.21. The van der Waals surface area contributed by atoms with Crippen LogP contribution in [-0.4, -0.2) is 5.91 Å². The van der Waals surface area contributed by atoms with Crippen molar-refractivity contribution < 1.29 is 4.79 Å². The Bertz CT molecular complexity index is 571. The second-order valence-corrected chi connectivity index (χ2v) is 4.69. The van der Waals surface area contributed by atoms with Gasteiger partial charge in [0.15, 0.2) is 0 Å². The first-order valence-electron chi connectivity index (χ1n) is 5.42. The van der Waals surface area contributed by atoms with Crippen molar-refractivity contribution in [3.05, 3.63) is 64.7 Å². The van der Waals surface area contributed by atoms with E-state index >= 15 is 0 Å². The lowest BCUT2D eigenvalue weighted by Crippen LogP contribution is -2.13. The van der Waals surface area contributed by atoms with Gasteiger partial charge in [-0.1, -0.05) is 57.9 Å². The largest absolute Gasteiger partial charge is 0.322 e. The molecule has 92 valence electrons. The summed E-state index contributed by atoms with van der Waals surface area (Å²) in [6.07, 6.45) is 0. The number of alkyl halides is 1. The normalized spacial score (nSPS) is 10.1. The van der Waals surface area contributed by atoms with E-state index in [-0.39, 0.29) is 5.91 Å². The van der Waals surface area contributed by atoms with Gasteiger partial charge >= 0.3 is 0 Å². The molecular weight excluding hydrogens is 314 g/mol. The highest BCUT2D eigenvalue weighted by atomic mass is 79.9. The van der Waals surface area contributed by atoms with Crippen LogP contribution in [0.2, 0.25) is 5.02 Å². The number of benzene rings is 2. The molecule has 0 fully saturated rings. The van der Waals surface area contributed by atoms with Gasteiger partial charge in [0, 0.05) is 11.0 Å². The first-order valence-corrected chi connectivity index (χ1v) is 6.92. The van der Waals surface area contributed by atoms with E-state index < -0.39 is 0 Å². The van der Waals surface area contributed by atoms with Crippen LogP contribution in [0.3, 0.4) is 0 Å². The summed E-state index contributed by atoms with van der Waals surface area (Å²) >= 11 is 9.38. The van der Waals surface area contributed by atoms with E-state index in [2.05, 4.69) is 21.2 Å². The van der Waals surface area contributed by atoms with Crippen molar-refractivity contribution in [2.45, 2.75) is 5.33 Å². The number of carbonyl (C=O) groups excluding carboxylic acids is 1. The van der Waals surface area contributed by atoms with Crippen molar-refractivity contribution in [2.24, 2.45) is 0 Å². The van der Waals surface area contributed by atoms with Gasteiger partial charge in [-0.15, -0.1) is 0 Å². The standard InChI is InChI=1S/C14H11BrClNO/c15-9-10-5-1-4-8-13(10)17-14(18)11-6-2-3-7-12(11)16/h1-8H,9H2,(H,17,18). The summed E-state index contributed by atoms with van der Waals surface area (Å²) < 4.78 is 0. The topological polar surface area (TPSA) is 29.1 Å². The van der Waals surface area contributed by atoms with Crippen molar-refractivity contribution in [2.75, 3.05) is 5.32 Å². The molecule has 0 radical (unpaired) electrons. The fourth-order valence-electron chi connectivity index (χ4n) is 1.59. The van der Waals surface area contributed by atoms with E-state index in [1.54, 1.807) is 24.3 Å². The number of amides is 1. The molecule has 0 aliphatic heterocycles. The van der Waals surface area contributed by atoms with Gasteiger partial charge in [0.2, 0.25) is 0 Å². The summed E-state index contributed by atoms with van der Waals surface area (Å²) in [6, 6.07) is 14.6. The Morgan fingerprint density at radius 3 is 2.50 bits per heavy atom. The van der Waals surface area contributed by atoms with E-state index in [1.807, 2.05) is 24.3 Å². The molecule has 0 spiro atoms. The monoisotopic (exact) mass is 323 g/mol. The summed E-state index contributed by atoms with van der Waals surface area (Å²) in [4.78, 5) is 12.1. The number of halogens is 2. The average Bonchev–Trinajstić information content (AvgIpc) is 2.39. The number of hydrogen-bond donors (Lipinski definition) is 1. The molecule has 0 aliphatic rings. The van der Waals surface area contributed by atoms with Gasteiger partial charge in [-0.25, -0.2) is 0 Å². The van der Waals surface area contributed by atoms with E-state index in [1.165, 1.54) is 0 Å². The minimum Gasteiger partial charge on any atom is -0.322 e. The van der Waals surface area contributed by atoms with Gasteiger partial charge < -0.3 is 5.32 Å². The number of rotatable bonds is 3. The third kappa shape index (κ3) is 2.92. The molecule has 0 aliphatic carbocycles. The zero-order chi connectivity index (χ0) is 13.0. The van der Waals surface area contributed by atoms with Crippen LogP contribution in [0, 0.1) is 0 Å². The van der Waals surface area contributed by atoms with Crippen LogP contribution in [0.25, 0.3) is 0 Å². The second kappa shape index (κ2) is 6.03. The van der Waals surface area contributed by atoms with E-state index in [0.717, 1.165) is 11.3 Å². The van der Waals surface area contributed by atoms with Crippen molar-refractivity contribution in [3.63, 3.8) is 0 Å². The van der Waals surface area contributed by atoms with Crippen molar-refractivity contribution in [1.82, 2.24) is 0 Å². The van der Waals surface area contributed by atoms with Crippen LogP contribution in [-0.2, 0) is 5.33 Å². The van der Waals surface area contributed by atoms with E-state index in [4.69, 9.17) is 11.6 Å². The second-order valence-electron chi connectivity index (χ2n) is 3.72. The summed E-state index contributed by atoms with van der Waals surface area (Å²) in [5, 5.41) is 4.00. The third-order valence-corrected chi connectivity index (χ3v) is 3.46.